The lowest BCUT2D eigenvalue weighted by Gasteiger charge is -2.39. The predicted octanol–water partition coefficient (Wildman–Crippen LogP) is 4.35. The van der Waals surface area contributed by atoms with E-state index in [-0.39, 0.29) is 13.1 Å². The average molecular weight is 517 g/mol. The number of methoxy groups -OCH3 is 2. The van der Waals surface area contributed by atoms with Gasteiger partial charge < -0.3 is 30.2 Å². The maximum absolute atomic E-state index is 13.2. The molecule has 1 aliphatic heterocycles. The van der Waals surface area contributed by atoms with Gasteiger partial charge in [-0.2, -0.15) is 0 Å². The minimum Gasteiger partial charge on any atom is -0.493 e. The predicted molar refractivity (Wildman–Crippen MR) is 140 cm³/mol. The Labute approximate surface area is 217 Å². The smallest absolute Gasteiger partial charge is 0.242 e. The number of rotatable bonds is 8. The van der Waals surface area contributed by atoms with Crippen LogP contribution in [-0.4, -0.2) is 44.1 Å². The summed E-state index contributed by atoms with van der Waals surface area (Å²) in [7, 11) is 3.12. The summed E-state index contributed by atoms with van der Waals surface area (Å²) in [5.41, 5.74) is 0.327. The molecule has 3 N–H and O–H groups in total. The number of amides is 2. The molecule has 3 aromatic carbocycles. The van der Waals surface area contributed by atoms with Gasteiger partial charge in [-0.05, 0) is 60.7 Å². The van der Waals surface area contributed by atoms with Gasteiger partial charge in [0.05, 0.1) is 19.7 Å². The highest BCUT2D eigenvalue weighted by atomic mass is 19.1. The molecule has 194 valence electrons. The van der Waals surface area contributed by atoms with Gasteiger partial charge in [0.25, 0.3) is 0 Å². The van der Waals surface area contributed by atoms with Crippen molar-refractivity contribution in [1.82, 2.24) is 10.3 Å². The minimum atomic E-state index is -1.28. The summed E-state index contributed by atoms with van der Waals surface area (Å²) >= 11 is 0. The fraction of sp³-hybridized carbons (Fsp3) is 0.179. The number of aromatic nitrogens is 1. The van der Waals surface area contributed by atoms with E-state index in [4.69, 9.17) is 14.2 Å². The Bertz CT molecular complexity index is 1490. The van der Waals surface area contributed by atoms with Crippen LogP contribution in [0.25, 0.3) is 10.9 Å². The zero-order chi connectivity index (χ0) is 26.7. The molecule has 4 aromatic rings. The second kappa shape index (κ2) is 10.3. The summed E-state index contributed by atoms with van der Waals surface area (Å²) in [4.78, 5) is 30.4. The molecule has 38 heavy (non-hydrogen) atoms. The van der Waals surface area contributed by atoms with Crippen molar-refractivity contribution < 1.29 is 28.2 Å². The molecule has 1 saturated heterocycles. The molecule has 0 radical (unpaired) electrons. The Morgan fingerprint density at radius 3 is 1.97 bits per heavy atom. The number of benzene rings is 3. The number of nitrogens with one attached hydrogen (secondary N) is 3. The van der Waals surface area contributed by atoms with Crippen LogP contribution in [0, 0.1) is 11.2 Å². The molecule has 0 bridgehead atoms. The first-order valence-electron chi connectivity index (χ1n) is 11.8. The normalized spacial score (nSPS) is 13.8. The number of pyridine rings is 1. The van der Waals surface area contributed by atoms with E-state index in [0.717, 1.165) is 5.39 Å². The average Bonchev–Trinajstić information content (AvgIpc) is 2.90. The Kier molecular flexibility index (Phi) is 6.80. The maximum atomic E-state index is 13.2. The first-order chi connectivity index (χ1) is 18.4. The summed E-state index contributed by atoms with van der Waals surface area (Å²) in [6.45, 7) is 0.382. The number of carbonyl (C=O) groups excluding carboxylic acids is 2. The van der Waals surface area contributed by atoms with E-state index in [1.54, 1.807) is 62.9 Å². The van der Waals surface area contributed by atoms with Crippen molar-refractivity contribution in [1.29, 1.82) is 0 Å². The van der Waals surface area contributed by atoms with Crippen LogP contribution in [0.3, 0.4) is 0 Å². The summed E-state index contributed by atoms with van der Waals surface area (Å²) in [5.74, 6) is 0.922. The molecule has 2 heterocycles. The number of fused-ring (bicyclic) bond motifs is 1. The van der Waals surface area contributed by atoms with E-state index >= 15 is 0 Å². The molecule has 1 fully saturated rings. The van der Waals surface area contributed by atoms with E-state index in [2.05, 4.69) is 20.9 Å². The number of nitrogens with zero attached hydrogens (tertiary/aromatic N) is 1. The number of ether oxygens (including phenoxy) is 3. The fourth-order valence-electron chi connectivity index (χ4n) is 4.10. The van der Waals surface area contributed by atoms with E-state index in [9.17, 15) is 14.0 Å². The summed E-state index contributed by atoms with van der Waals surface area (Å²) < 4.78 is 30.0. The number of hydrogen-bond donors (Lipinski definition) is 3. The van der Waals surface area contributed by atoms with Gasteiger partial charge >= 0.3 is 0 Å². The van der Waals surface area contributed by atoms with E-state index < -0.39 is 23.0 Å². The molecule has 10 heteroatoms. The van der Waals surface area contributed by atoms with Gasteiger partial charge in [-0.25, -0.2) is 4.39 Å². The Morgan fingerprint density at radius 1 is 0.842 bits per heavy atom. The topological polar surface area (TPSA) is 111 Å². The molecular formula is C28H25FN4O5. The third kappa shape index (κ3) is 4.81. The molecule has 9 nitrogen and oxygen atoms in total. The summed E-state index contributed by atoms with van der Waals surface area (Å²) in [6, 6.07) is 17.5. The Hall–Kier alpha value is -4.70. The van der Waals surface area contributed by atoms with E-state index in [1.807, 2.05) is 0 Å². The molecule has 0 unspecified atom stereocenters. The number of halogens is 1. The van der Waals surface area contributed by atoms with Crippen molar-refractivity contribution in [2.45, 2.75) is 0 Å². The first kappa shape index (κ1) is 25.0. The lowest BCUT2D eigenvalue weighted by molar-refractivity contribution is -0.140. The van der Waals surface area contributed by atoms with Crippen LogP contribution >= 0.6 is 0 Å². The van der Waals surface area contributed by atoms with E-state index in [1.165, 1.54) is 24.3 Å². The molecule has 2 amide bonds. The first-order valence-corrected chi connectivity index (χ1v) is 11.8. The lowest BCUT2D eigenvalue weighted by Crippen LogP contribution is -2.65. The summed E-state index contributed by atoms with van der Waals surface area (Å²) in [5, 5.41) is 9.24. The third-order valence-corrected chi connectivity index (χ3v) is 6.37. The van der Waals surface area contributed by atoms with Crippen molar-refractivity contribution in [3.8, 4) is 23.0 Å². The van der Waals surface area contributed by atoms with Gasteiger partial charge in [0.2, 0.25) is 11.8 Å². The van der Waals surface area contributed by atoms with Gasteiger partial charge in [0, 0.05) is 42.1 Å². The monoisotopic (exact) mass is 516 g/mol. The van der Waals surface area contributed by atoms with Crippen molar-refractivity contribution >= 4 is 34.1 Å². The standard InChI is InChI=1S/C28H25FN4O5/c1-36-24-13-21-22(14-25(24)37-2)31-12-11-23(21)38-20-9-7-19(8-10-20)33-27(35)28(15-30-16-28)26(34)32-18-5-3-17(29)4-6-18/h3-14,30H,15-16H2,1-2H3,(H,32,34)(H,33,35). The van der Waals surface area contributed by atoms with Crippen LogP contribution in [-0.2, 0) is 9.59 Å². The third-order valence-electron chi connectivity index (χ3n) is 6.37. The highest BCUT2D eigenvalue weighted by Crippen LogP contribution is 2.37. The van der Waals surface area contributed by atoms with Crippen LogP contribution in [0.2, 0.25) is 0 Å². The second-order valence-electron chi connectivity index (χ2n) is 8.76. The molecule has 1 aromatic heterocycles. The molecule has 0 atom stereocenters. The molecule has 0 aliphatic carbocycles. The Balaban J connectivity index is 1.29. The van der Waals surface area contributed by atoms with Gasteiger partial charge in [-0.15, -0.1) is 0 Å². The number of hydrogen-bond acceptors (Lipinski definition) is 7. The van der Waals surface area contributed by atoms with Gasteiger partial charge in [-0.3, -0.25) is 14.6 Å². The SMILES string of the molecule is COc1cc2nccc(Oc3ccc(NC(=O)C4(C(=O)Nc5ccc(F)cc5)CNC4)cc3)c2cc1OC. The quantitative estimate of drug-likeness (QED) is 0.299. The Morgan fingerprint density at radius 2 is 1.42 bits per heavy atom. The largest absolute Gasteiger partial charge is 0.493 e. The number of carbonyl (C=O) groups is 2. The minimum absolute atomic E-state index is 0.191. The van der Waals surface area contributed by atoms with Crippen molar-refractivity contribution in [2.24, 2.45) is 5.41 Å². The van der Waals surface area contributed by atoms with Crippen molar-refractivity contribution in [3.05, 3.63) is 78.7 Å². The fourth-order valence-corrected chi connectivity index (χ4v) is 4.10. The molecular weight excluding hydrogens is 491 g/mol. The lowest BCUT2D eigenvalue weighted by atomic mass is 9.79. The van der Waals surface area contributed by atoms with Gasteiger partial charge in [0.1, 0.15) is 17.3 Å². The van der Waals surface area contributed by atoms with Crippen LogP contribution in [0.1, 0.15) is 0 Å². The number of anilines is 2. The van der Waals surface area contributed by atoms with Crippen LogP contribution in [0.5, 0.6) is 23.0 Å². The molecule has 1 aliphatic rings. The zero-order valence-corrected chi connectivity index (χ0v) is 20.7. The van der Waals surface area contributed by atoms with Crippen LogP contribution < -0.4 is 30.2 Å². The van der Waals surface area contributed by atoms with Crippen LogP contribution in [0.4, 0.5) is 15.8 Å². The highest BCUT2D eigenvalue weighted by molar-refractivity contribution is 6.16. The van der Waals surface area contributed by atoms with Crippen LogP contribution in [0.15, 0.2) is 72.9 Å². The summed E-state index contributed by atoms with van der Waals surface area (Å²) in [6.07, 6.45) is 1.64. The van der Waals surface area contributed by atoms with Crippen molar-refractivity contribution in [2.75, 3.05) is 37.9 Å². The molecule has 0 saturated carbocycles. The zero-order valence-electron chi connectivity index (χ0n) is 20.7. The second-order valence-corrected chi connectivity index (χ2v) is 8.76. The molecule has 0 spiro atoms. The van der Waals surface area contributed by atoms with E-state index in [0.29, 0.717) is 39.9 Å². The maximum Gasteiger partial charge on any atom is 0.242 e. The van der Waals surface area contributed by atoms with Gasteiger partial charge in [0.15, 0.2) is 16.9 Å². The highest BCUT2D eigenvalue weighted by Gasteiger charge is 2.51. The van der Waals surface area contributed by atoms with Crippen molar-refractivity contribution in [3.63, 3.8) is 0 Å². The van der Waals surface area contributed by atoms with Gasteiger partial charge in [-0.1, -0.05) is 0 Å². The molecule has 5 rings (SSSR count).